The summed E-state index contributed by atoms with van der Waals surface area (Å²) in [5.41, 5.74) is 1.27. The van der Waals surface area contributed by atoms with Gasteiger partial charge < -0.3 is 5.32 Å². The van der Waals surface area contributed by atoms with Gasteiger partial charge in [0.15, 0.2) is 0 Å². The van der Waals surface area contributed by atoms with E-state index in [9.17, 15) is 4.79 Å². The molecule has 0 aliphatic carbocycles. The van der Waals surface area contributed by atoms with Gasteiger partial charge in [-0.1, -0.05) is 35.3 Å². The zero-order valence-electron chi connectivity index (χ0n) is 10.5. The number of carbonyl (C=O) groups is 1. The van der Waals surface area contributed by atoms with Crippen molar-refractivity contribution in [2.75, 3.05) is 17.3 Å². The first-order valence-corrected chi connectivity index (χ1v) is 7.28. The van der Waals surface area contributed by atoms with Crippen LogP contribution in [0.1, 0.15) is 0 Å². The van der Waals surface area contributed by atoms with Gasteiger partial charge in [-0.05, 0) is 46.3 Å². The third-order valence-electron chi connectivity index (χ3n) is 2.69. The highest BCUT2D eigenvalue weighted by Gasteiger charge is 2.14. The van der Waals surface area contributed by atoms with E-state index in [2.05, 4.69) is 21.2 Å². The number of carbonyl (C=O) groups excluding carboxylic acids is 1. The van der Waals surface area contributed by atoms with Gasteiger partial charge in [0.1, 0.15) is 0 Å². The molecule has 0 saturated heterocycles. The maximum Gasteiger partial charge on any atom is 0.326 e. The Labute approximate surface area is 135 Å². The summed E-state index contributed by atoms with van der Waals surface area (Å²) < 4.78 is 0.833. The fraction of sp³-hybridized carbons (Fsp3) is 0.0714. The maximum absolute atomic E-state index is 12.2. The van der Waals surface area contributed by atoms with Crippen molar-refractivity contribution in [3.8, 4) is 0 Å². The van der Waals surface area contributed by atoms with Crippen LogP contribution in [0.2, 0.25) is 10.0 Å². The van der Waals surface area contributed by atoms with E-state index in [1.165, 1.54) is 4.90 Å². The van der Waals surface area contributed by atoms with E-state index < -0.39 is 0 Å². The van der Waals surface area contributed by atoms with Crippen LogP contribution in [0.15, 0.2) is 46.9 Å². The summed E-state index contributed by atoms with van der Waals surface area (Å²) in [6, 6.07) is 12.1. The smallest absolute Gasteiger partial charge is 0.306 e. The predicted molar refractivity (Wildman–Crippen MR) is 88.0 cm³/mol. The van der Waals surface area contributed by atoms with Gasteiger partial charge in [-0.25, -0.2) is 4.79 Å². The van der Waals surface area contributed by atoms with Crippen LogP contribution in [0.25, 0.3) is 0 Å². The summed E-state index contributed by atoms with van der Waals surface area (Å²) >= 11 is 15.3. The summed E-state index contributed by atoms with van der Waals surface area (Å²) in [5.74, 6) is 0. The van der Waals surface area contributed by atoms with Crippen LogP contribution in [0, 0.1) is 0 Å². The van der Waals surface area contributed by atoms with E-state index in [0.29, 0.717) is 15.7 Å². The first-order valence-electron chi connectivity index (χ1n) is 5.73. The average molecular weight is 374 g/mol. The predicted octanol–water partition coefficient (Wildman–Crippen LogP) is 5.42. The van der Waals surface area contributed by atoms with E-state index >= 15 is 0 Å². The van der Waals surface area contributed by atoms with Crippen molar-refractivity contribution >= 4 is 56.5 Å². The molecule has 2 aromatic carbocycles. The Hall–Kier alpha value is -1.23. The molecule has 3 nitrogen and oxygen atoms in total. The highest BCUT2D eigenvalue weighted by Crippen LogP contribution is 2.28. The Morgan fingerprint density at radius 1 is 1.20 bits per heavy atom. The molecule has 0 spiro atoms. The van der Waals surface area contributed by atoms with Crippen molar-refractivity contribution in [1.29, 1.82) is 0 Å². The molecule has 0 unspecified atom stereocenters. The van der Waals surface area contributed by atoms with Crippen molar-refractivity contribution in [2.45, 2.75) is 0 Å². The molecule has 0 aromatic heterocycles. The molecule has 2 rings (SSSR count). The van der Waals surface area contributed by atoms with Gasteiger partial charge >= 0.3 is 6.03 Å². The van der Waals surface area contributed by atoms with E-state index in [0.717, 1.165) is 10.2 Å². The molecular weight excluding hydrogens is 363 g/mol. The second kappa shape index (κ2) is 6.48. The standard InChI is InChI=1S/C14H11BrCl2N2O/c1-19(13-5-3-2-4-10(13)15)14(20)18-12-7-6-9(16)8-11(12)17/h2-8H,1H3,(H,18,20). The van der Waals surface area contributed by atoms with Crippen molar-refractivity contribution in [3.63, 3.8) is 0 Å². The number of halogens is 3. The minimum atomic E-state index is -0.291. The van der Waals surface area contributed by atoms with Gasteiger partial charge in [-0.3, -0.25) is 4.90 Å². The summed E-state index contributed by atoms with van der Waals surface area (Å²) in [6.07, 6.45) is 0. The van der Waals surface area contributed by atoms with Gasteiger partial charge in [0.25, 0.3) is 0 Å². The van der Waals surface area contributed by atoms with Crippen LogP contribution in [0.5, 0.6) is 0 Å². The largest absolute Gasteiger partial charge is 0.326 e. The lowest BCUT2D eigenvalue weighted by molar-refractivity contribution is 0.258. The molecule has 0 bridgehead atoms. The van der Waals surface area contributed by atoms with E-state index in [4.69, 9.17) is 23.2 Å². The number of urea groups is 1. The van der Waals surface area contributed by atoms with Crippen molar-refractivity contribution < 1.29 is 4.79 Å². The Kier molecular flexibility index (Phi) is 4.91. The number of benzene rings is 2. The molecule has 2 amide bonds. The number of anilines is 2. The van der Waals surface area contributed by atoms with Crippen LogP contribution in [-0.4, -0.2) is 13.1 Å². The van der Waals surface area contributed by atoms with Gasteiger partial charge in [-0.2, -0.15) is 0 Å². The zero-order chi connectivity index (χ0) is 14.7. The molecule has 6 heteroatoms. The zero-order valence-corrected chi connectivity index (χ0v) is 13.6. The number of rotatable bonds is 2. The van der Waals surface area contributed by atoms with Crippen LogP contribution in [0.4, 0.5) is 16.2 Å². The lowest BCUT2D eigenvalue weighted by Crippen LogP contribution is -2.31. The molecular formula is C14H11BrCl2N2O. The molecule has 0 fully saturated rings. The Bertz CT molecular complexity index is 649. The molecule has 104 valence electrons. The van der Waals surface area contributed by atoms with Crippen LogP contribution < -0.4 is 10.2 Å². The van der Waals surface area contributed by atoms with Crippen LogP contribution >= 0.6 is 39.1 Å². The fourth-order valence-corrected chi connectivity index (χ4v) is 2.63. The molecule has 1 N–H and O–H groups in total. The number of hydrogen-bond donors (Lipinski definition) is 1. The van der Waals surface area contributed by atoms with E-state index in [-0.39, 0.29) is 6.03 Å². The lowest BCUT2D eigenvalue weighted by atomic mass is 10.3. The highest BCUT2D eigenvalue weighted by atomic mass is 79.9. The number of para-hydroxylation sites is 1. The molecule has 0 radical (unpaired) electrons. The third kappa shape index (κ3) is 3.45. The molecule has 0 saturated carbocycles. The minimum Gasteiger partial charge on any atom is -0.306 e. The first-order chi connectivity index (χ1) is 9.49. The topological polar surface area (TPSA) is 32.3 Å². The maximum atomic E-state index is 12.2. The van der Waals surface area contributed by atoms with Crippen molar-refractivity contribution in [3.05, 3.63) is 57.0 Å². The average Bonchev–Trinajstić information content (AvgIpc) is 2.41. The van der Waals surface area contributed by atoms with Crippen molar-refractivity contribution in [1.82, 2.24) is 0 Å². The fourth-order valence-electron chi connectivity index (χ4n) is 1.62. The van der Waals surface area contributed by atoms with Crippen LogP contribution in [0.3, 0.4) is 0 Å². The highest BCUT2D eigenvalue weighted by molar-refractivity contribution is 9.10. The Balaban J connectivity index is 2.18. The molecule has 0 aliphatic heterocycles. The van der Waals surface area contributed by atoms with E-state index in [1.54, 1.807) is 25.2 Å². The number of hydrogen-bond acceptors (Lipinski definition) is 1. The van der Waals surface area contributed by atoms with Gasteiger partial charge in [0.2, 0.25) is 0 Å². The molecule has 0 heterocycles. The SMILES string of the molecule is CN(C(=O)Nc1ccc(Cl)cc1Cl)c1ccccc1Br. The lowest BCUT2D eigenvalue weighted by Gasteiger charge is -2.19. The molecule has 0 aliphatic rings. The minimum absolute atomic E-state index is 0.291. The summed E-state index contributed by atoms with van der Waals surface area (Å²) in [4.78, 5) is 13.7. The van der Waals surface area contributed by atoms with Gasteiger partial charge in [0, 0.05) is 16.5 Å². The van der Waals surface area contributed by atoms with Gasteiger partial charge in [0.05, 0.1) is 16.4 Å². The Morgan fingerprint density at radius 2 is 1.90 bits per heavy atom. The third-order valence-corrected chi connectivity index (χ3v) is 3.91. The monoisotopic (exact) mass is 372 g/mol. The second-order valence-electron chi connectivity index (χ2n) is 4.06. The second-order valence-corrected chi connectivity index (χ2v) is 5.76. The molecule has 20 heavy (non-hydrogen) atoms. The van der Waals surface area contributed by atoms with Crippen molar-refractivity contribution in [2.24, 2.45) is 0 Å². The number of amides is 2. The summed E-state index contributed by atoms with van der Waals surface area (Å²) in [5, 5.41) is 3.65. The van der Waals surface area contributed by atoms with Crippen LogP contribution in [-0.2, 0) is 0 Å². The summed E-state index contributed by atoms with van der Waals surface area (Å²) in [7, 11) is 1.68. The van der Waals surface area contributed by atoms with E-state index in [1.807, 2.05) is 24.3 Å². The number of nitrogens with one attached hydrogen (secondary N) is 1. The normalized spacial score (nSPS) is 10.2. The molecule has 0 atom stereocenters. The Morgan fingerprint density at radius 3 is 2.55 bits per heavy atom. The number of nitrogens with zero attached hydrogens (tertiary/aromatic N) is 1. The summed E-state index contributed by atoms with van der Waals surface area (Å²) in [6.45, 7) is 0. The first kappa shape index (κ1) is 15.2. The quantitative estimate of drug-likeness (QED) is 0.748. The molecule has 2 aromatic rings. The van der Waals surface area contributed by atoms with Gasteiger partial charge in [-0.15, -0.1) is 0 Å².